The summed E-state index contributed by atoms with van der Waals surface area (Å²) in [4.78, 5) is 16.4. The van der Waals surface area contributed by atoms with Crippen molar-refractivity contribution in [2.45, 2.75) is 52.3 Å². The molecule has 0 saturated carbocycles. The topological polar surface area (TPSA) is 67.2 Å². The molecular formula is C16H23N3O2. The predicted molar refractivity (Wildman–Crippen MR) is 82.9 cm³/mol. The third kappa shape index (κ3) is 3.61. The highest BCUT2D eigenvalue weighted by Crippen LogP contribution is 2.21. The second-order valence-corrected chi connectivity index (χ2v) is 5.46. The van der Waals surface area contributed by atoms with Gasteiger partial charge in [-0.15, -0.1) is 0 Å². The number of nitrogens with one attached hydrogen (secondary N) is 1. The molecule has 2 atom stereocenters. The lowest BCUT2D eigenvalue weighted by atomic mass is 10.2. The highest BCUT2D eigenvalue weighted by Gasteiger charge is 2.18. The van der Waals surface area contributed by atoms with Crippen LogP contribution in [-0.2, 0) is 11.3 Å². The molecule has 2 N–H and O–H groups in total. The van der Waals surface area contributed by atoms with E-state index in [4.69, 9.17) is 0 Å². The third-order valence-electron chi connectivity index (χ3n) is 3.37. The van der Waals surface area contributed by atoms with Crippen LogP contribution in [0.4, 0.5) is 0 Å². The van der Waals surface area contributed by atoms with Crippen LogP contribution in [0.3, 0.4) is 0 Å². The fourth-order valence-electron chi connectivity index (χ4n) is 2.49. The second kappa shape index (κ2) is 6.72. The van der Waals surface area contributed by atoms with Crippen molar-refractivity contribution in [3.05, 3.63) is 30.1 Å². The molecule has 21 heavy (non-hydrogen) atoms. The zero-order valence-electron chi connectivity index (χ0n) is 12.8. The molecule has 0 fully saturated rings. The van der Waals surface area contributed by atoms with Crippen LogP contribution in [0.5, 0.6) is 0 Å². The van der Waals surface area contributed by atoms with Crippen LogP contribution in [0.2, 0.25) is 0 Å². The van der Waals surface area contributed by atoms with Crippen LogP contribution in [0, 0.1) is 0 Å². The Bertz CT molecular complexity index is 619. The summed E-state index contributed by atoms with van der Waals surface area (Å²) in [5.74, 6) is 0.808. The average Bonchev–Trinajstić information content (AvgIpc) is 2.77. The Balaban J connectivity index is 2.35. The van der Waals surface area contributed by atoms with E-state index in [1.165, 1.54) is 0 Å². The molecule has 0 unspecified atom stereocenters. The van der Waals surface area contributed by atoms with E-state index in [0.29, 0.717) is 13.0 Å². The first kappa shape index (κ1) is 15.5. The highest BCUT2D eigenvalue weighted by atomic mass is 16.3. The number of aromatic nitrogens is 2. The molecule has 2 rings (SSSR count). The number of amides is 1. The Morgan fingerprint density at radius 3 is 2.76 bits per heavy atom. The van der Waals surface area contributed by atoms with Crippen molar-refractivity contribution in [1.29, 1.82) is 0 Å². The number of rotatable bonds is 6. The molecule has 0 aliphatic heterocycles. The Morgan fingerprint density at radius 1 is 1.38 bits per heavy atom. The van der Waals surface area contributed by atoms with E-state index in [-0.39, 0.29) is 11.9 Å². The molecule has 5 heteroatoms. The Hall–Kier alpha value is -1.88. The summed E-state index contributed by atoms with van der Waals surface area (Å²) >= 11 is 0. The fourth-order valence-corrected chi connectivity index (χ4v) is 2.49. The molecule has 0 bridgehead atoms. The molecule has 5 nitrogen and oxygen atoms in total. The largest absolute Gasteiger partial charge is 0.392 e. The Morgan fingerprint density at radius 2 is 2.10 bits per heavy atom. The maximum Gasteiger partial charge on any atom is 0.220 e. The van der Waals surface area contributed by atoms with Gasteiger partial charge in [-0.05, 0) is 32.4 Å². The van der Waals surface area contributed by atoms with Crippen molar-refractivity contribution in [1.82, 2.24) is 14.9 Å². The number of carbonyl (C=O) groups is 1. The van der Waals surface area contributed by atoms with Crippen molar-refractivity contribution in [3.63, 3.8) is 0 Å². The lowest BCUT2D eigenvalue weighted by molar-refractivity contribution is -0.121. The summed E-state index contributed by atoms with van der Waals surface area (Å²) in [6.07, 6.45) is 0.865. The van der Waals surface area contributed by atoms with Crippen LogP contribution in [0.25, 0.3) is 11.0 Å². The Labute approximate surface area is 125 Å². The number of para-hydroxylation sites is 2. The minimum atomic E-state index is -0.472. The number of carbonyl (C=O) groups excluding carboxylic acids is 1. The van der Waals surface area contributed by atoms with E-state index < -0.39 is 6.10 Å². The number of benzene rings is 1. The van der Waals surface area contributed by atoms with Crippen LogP contribution in [0.15, 0.2) is 24.3 Å². The summed E-state index contributed by atoms with van der Waals surface area (Å²) in [5.41, 5.74) is 1.86. The van der Waals surface area contributed by atoms with Crippen molar-refractivity contribution >= 4 is 16.9 Å². The molecule has 0 spiro atoms. The molecule has 2 aromatic rings. The average molecular weight is 289 g/mol. The number of aliphatic hydroxyl groups is 1. The number of hydrogen-bond donors (Lipinski definition) is 2. The van der Waals surface area contributed by atoms with Gasteiger partial charge in [0, 0.05) is 6.42 Å². The van der Waals surface area contributed by atoms with Gasteiger partial charge < -0.3 is 15.0 Å². The summed E-state index contributed by atoms with van der Waals surface area (Å²) in [5, 5.41) is 12.7. The number of imidazole rings is 1. The summed E-state index contributed by atoms with van der Waals surface area (Å²) in [7, 11) is 0. The highest BCUT2D eigenvalue weighted by molar-refractivity contribution is 5.78. The summed E-state index contributed by atoms with van der Waals surface area (Å²) in [6.45, 7) is 6.11. The maximum absolute atomic E-state index is 11.8. The van der Waals surface area contributed by atoms with E-state index in [0.717, 1.165) is 23.3 Å². The second-order valence-electron chi connectivity index (χ2n) is 5.46. The van der Waals surface area contributed by atoms with E-state index >= 15 is 0 Å². The molecule has 1 amide bonds. The lowest BCUT2D eigenvalue weighted by Gasteiger charge is -2.17. The van der Waals surface area contributed by atoms with Crippen LogP contribution in [-0.4, -0.2) is 26.7 Å². The number of nitrogens with zero attached hydrogens (tertiary/aromatic N) is 2. The predicted octanol–water partition coefficient (Wildman–Crippen LogP) is 2.39. The standard InChI is InChI=1S/C16H23N3O2/c1-4-7-15(21)17-12(3)16-18-13-8-5-6-9-14(13)19(16)10-11(2)20/h5-6,8-9,11-12,20H,4,7,10H2,1-3H3,(H,17,21)/t11-,12-/m1/s1. The van der Waals surface area contributed by atoms with E-state index in [1.54, 1.807) is 6.92 Å². The van der Waals surface area contributed by atoms with Crippen molar-refractivity contribution in [2.75, 3.05) is 0 Å². The van der Waals surface area contributed by atoms with Gasteiger partial charge in [0.05, 0.1) is 29.7 Å². The quantitative estimate of drug-likeness (QED) is 0.858. The molecule has 0 radical (unpaired) electrons. The van der Waals surface area contributed by atoms with Gasteiger partial charge in [-0.3, -0.25) is 4.79 Å². The van der Waals surface area contributed by atoms with Crippen LogP contribution >= 0.6 is 0 Å². The van der Waals surface area contributed by atoms with E-state index in [9.17, 15) is 9.90 Å². The van der Waals surface area contributed by atoms with Gasteiger partial charge in [0.2, 0.25) is 5.91 Å². The zero-order valence-corrected chi connectivity index (χ0v) is 12.8. The number of aliphatic hydroxyl groups excluding tert-OH is 1. The molecule has 1 aromatic heterocycles. The first-order valence-electron chi connectivity index (χ1n) is 7.45. The van der Waals surface area contributed by atoms with E-state index in [1.807, 2.05) is 42.7 Å². The Kier molecular flexibility index (Phi) is 4.96. The number of fused-ring (bicyclic) bond motifs is 1. The minimum Gasteiger partial charge on any atom is -0.392 e. The van der Waals surface area contributed by atoms with Crippen molar-refractivity contribution in [2.24, 2.45) is 0 Å². The smallest absolute Gasteiger partial charge is 0.220 e. The molecule has 0 saturated heterocycles. The van der Waals surface area contributed by atoms with Gasteiger partial charge in [0.15, 0.2) is 0 Å². The van der Waals surface area contributed by atoms with Gasteiger partial charge in [-0.2, -0.15) is 0 Å². The SMILES string of the molecule is CCCC(=O)N[C@H](C)c1nc2ccccc2n1C[C@@H](C)O. The van der Waals surface area contributed by atoms with Gasteiger partial charge >= 0.3 is 0 Å². The first-order valence-corrected chi connectivity index (χ1v) is 7.45. The van der Waals surface area contributed by atoms with Gasteiger partial charge in [0.25, 0.3) is 0 Å². The molecule has 1 heterocycles. The summed E-state index contributed by atoms with van der Waals surface area (Å²) in [6, 6.07) is 7.63. The van der Waals surface area contributed by atoms with Crippen molar-refractivity contribution in [3.8, 4) is 0 Å². The normalized spacial score (nSPS) is 14.1. The molecule has 114 valence electrons. The molecule has 0 aliphatic carbocycles. The first-order chi connectivity index (χ1) is 10.0. The zero-order chi connectivity index (χ0) is 15.4. The summed E-state index contributed by atoms with van der Waals surface area (Å²) < 4.78 is 1.98. The van der Waals surface area contributed by atoms with E-state index in [2.05, 4.69) is 10.3 Å². The molecular weight excluding hydrogens is 266 g/mol. The van der Waals surface area contributed by atoms with Crippen LogP contribution < -0.4 is 5.32 Å². The molecule has 0 aliphatic rings. The van der Waals surface area contributed by atoms with Gasteiger partial charge in [0.1, 0.15) is 5.82 Å². The minimum absolute atomic E-state index is 0.0284. The van der Waals surface area contributed by atoms with Gasteiger partial charge in [-0.1, -0.05) is 19.1 Å². The number of hydrogen-bond acceptors (Lipinski definition) is 3. The van der Waals surface area contributed by atoms with Crippen molar-refractivity contribution < 1.29 is 9.90 Å². The maximum atomic E-state index is 11.8. The van der Waals surface area contributed by atoms with Gasteiger partial charge in [-0.25, -0.2) is 4.98 Å². The molecule has 1 aromatic carbocycles. The fraction of sp³-hybridized carbons (Fsp3) is 0.500. The lowest BCUT2D eigenvalue weighted by Crippen LogP contribution is -2.29. The van der Waals surface area contributed by atoms with Crippen LogP contribution in [0.1, 0.15) is 45.5 Å². The third-order valence-corrected chi connectivity index (χ3v) is 3.37. The monoisotopic (exact) mass is 289 g/mol.